The first kappa shape index (κ1) is 14.1. The Kier molecular flexibility index (Phi) is 4.41. The van der Waals surface area contributed by atoms with Crippen LogP contribution in [0.25, 0.3) is 0 Å². The molecule has 0 bridgehead atoms. The van der Waals surface area contributed by atoms with Gasteiger partial charge in [-0.2, -0.15) is 0 Å². The van der Waals surface area contributed by atoms with Crippen molar-refractivity contribution in [2.24, 2.45) is 0 Å². The molecule has 0 saturated carbocycles. The average Bonchev–Trinajstić information content (AvgIpc) is 2.41. The zero-order valence-corrected chi connectivity index (χ0v) is 12.1. The summed E-state index contributed by atoms with van der Waals surface area (Å²) in [7, 11) is 0. The second-order valence-corrected chi connectivity index (χ2v) is 5.09. The van der Waals surface area contributed by atoms with Crippen LogP contribution < -0.4 is 10.6 Å². The SMILES string of the molecule is Cc1ccc(NC(C)C(=O)Nc2cccc(C)c2)cc1. The largest absolute Gasteiger partial charge is 0.374 e. The lowest BCUT2D eigenvalue weighted by Crippen LogP contribution is -2.31. The number of benzene rings is 2. The van der Waals surface area contributed by atoms with Gasteiger partial charge in [-0.05, 0) is 50.6 Å². The predicted molar refractivity (Wildman–Crippen MR) is 84.1 cm³/mol. The second-order valence-electron chi connectivity index (χ2n) is 5.09. The van der Waals surface area contributed by atoms with E-state index in [0.29, 0.717) is 0 Å². The molecule has 0 aliphatic heterocycles. The normalized spacial score (nSPS) is 11.8. The van der Waals surface area contributed by atoms with Crippen LogP contribution in [0.1, 0.15) is 18.1 Å². The van der Waals surface area contributed by atoms with Gasteiger partial charge >= 0.3 is 0 Å². The van der Waals surface area contributed by atoms with Crippen molar-refractivity contribution >= 4 is 17.3 Å². The maximum Gasteiger partial charge on any atom is 0.246 e. The third kappa shape index (κ3) is 3.85. The lowest BCUT2D eigenvalue weighted by atomic mass is 10.2. The fourth-order valence-electron chi connectivity index (χ4n) is 1.94. The van der Waals surface area contributed by atoms with Crippen molar-refractivity contribution in [2.75, 3.05) is 10.6 Å². The molecule has 2 N–H and O–H groups in total. The minimum Gasteiger partial charge on any atom is -0.374 e. The van der Waals surface area contributed by atoms with Crippen molar-refractivity contribution in [1.82, 2.24) is 0 Å². The summed E-state index contributed by atoms with van der Waals surface area (Å²) in [5, 5.41) is 6.10. The molecule has 0 fully saturated rings. The van der Waals surface area contributed by atoms with E-state index in [4.69, 9.17) is 0 Å². The minimum absolute atomic E-state index is 0.0452. The third-order valence-electron chi connectivity index (χ3n) is 3.11. The molecule has 0 aliphatic carbocycles. The highest BCUT2D eigenvalue weighted by Gasteiger charge is 2.12. The summed E-state index contributed by atoms with van der Waals surface area (Å²) in [6, 6.07) is 15.5. The van der Waals surface area contributed by atoms with Crippen molar-refractivity contribution < 1.29 is 4.79 Å². The topological polar surface area (TPSA) is 41.1 Å². The van der Waals surface area contributed by atoms with E-state index in [9.17, 15) is 4.79 Å². The average molecular weight is 268 g/mol. The summed E-state index contributed by atoms with van der Waals surface area (Å²) in [5.74, 6) is -0.0452. The first-order valence-electron chi connectivity index (χ1n) is 6.75. The molecule has 2 aromatic rings. The van der Waals surface area contributed by atoms with Gasteiger partial charge in [-0.1, -0.05) is 29.8 Å². The molecule has 0 spiro atoms. The monoisotopic (exact) mass is 268 g/mol. The summed E-state index contributed by atoms with van der Waals surface area (Å²) in [5.41, 5.74) is 4.10. The molecule has 0 radical (unpaired) electrons. The van der Waals surface area contributed by atoms with Gasteiger partial charge in [0.25, 0.3) is 0 Å². The summed E-state index contributed by atoms with van der Waals surface area (Å²) >= 11 is 0. The Hall–Kier alpha value is -2.29. The molecule has 1 unspecified atom stereocenters. The van der Waals surface area contributed by atoms with Gasteiger partial charge in [0.15, 0.2) is 0 Å². The van der Waals surface area contributed by atoms with Gasteiger partial charge in [-0.15, -0.1) is 0 Å². The number of aryl methyl sites for hydroxylation is 2. The Morgan fingerprint density at radius 2 is 1.65 bits per heavy atom. The van der Waals surface area contributed by atoms with Gasteiger partial charge in [-0.3, -0.25) is 4.79 Å². The number of hydrogen-bond donors (Lipinski definition) is 2. The summed E-state index contributed by atoms with van der Waals surface area (Å²) in [4.78, 5) is 12.1. The van der Waals surface area contributed by atoms with Crippen molar-refractivity contribution in [2.45, 2.75) is 26.8 Å². The van der Waals surface area contributed by atoms with E-state index in [0.717, 1.165) is 16.9 Å². The number of nitrogens with one attached hydrogen (secondary N) is 2. The van der Waals surface area contributed by atoms with Crippen LogP contribution in [0.4, 0.5) is 11.4 Å². The number of carbonyl (C=O) groups is 1. The van der Waals surface area contributed by atoms with E-state index >= 15 is 0 Å². The molecule has 2 aromatic carbocycles. The van der Waals surface area contributed by atoms with Crippen LogP contribution in [0.2, 0.25) is 0 Å². The zero-order valence-electron chi connectivity index (χ0n) is 12.1. The first-order chi connectivity index (χ1) is 9.54. The van der Waals surface area contributed by atoms with Crippen molar-refractivity contribution in [3.8, 4) is 0 Å². The first-order valence-corrected chi connectivity index (χ1v) is 6.75. The highest BCUT2D eigenvalue weighted by atomic mass is 16.2. The van der Waals surface area contributed by atoms with E-state index in [1.165, 1.54) is 5.56 Å². The van der Waals surface area contributed by atoms with E-state index in [1.54, 1.807) is 0 Å². The van der Waals surface area contributed by atoms with Crippen molar-refractivity contribution in [1.29, 1.82) is 0 Å². The van der Waals surface area contributed by atoms with Gasteiger partial charge in [0.2, 0.25) is 5.91 Å². The highest BCUT2D eigenvalue weighted by Crippen LogP contribution is 2.13. The lowest BCUT2D eigenvalue weighted by Gasteiger charge is -2.15. The van der Waals surface area contributed by atoms with Gasteiger partial charge in [0.1, 0.15) is 6.04 Å². The van der Waals surface area contributed by atoms with E-state index in [-0.39, 0.29) is 11.9 Å². The van der Waals surface area contributed by atoms with E-state index in [1.807, 2.05) is 69.3 Å². The third-order valence-corrected chi connectivity index (χ3v) is 3.11. The van der Waals surface area contributed by atoms with Crippen LogP contribution in [0.5, 0.6) is 0 Å². The molecule has 0 aliphatic rings. The number of rotatable bonds is 4. The van der Waals surface area contributed by atoms with Crippen LogP contribution in [-0.4, -0.2) is 11.9 Å². The molecule has 1 amide bonds. The minimum atomic E-state index is -0.293. The standard InChI is InChI=1S/C17H20N2O/c1-12-7-9-15(10-8-12)18-14(3)17(20)19-16-6-4-5-13(2)11-16/h4-11,14,18H,1-3H3,(H,19,20). The number of anilines is 2. The van der Waals surface area contributed by atoms with Gasteiger partial charge < -0.3 is 10.6 Å². The van der Waals surface area contributed by atoms with Crippen molar-refractivity contribution in [3.63, 3.8) is 0 Å². The van der Waals surface area contributed by atoms with E-state index in [2.05, 4.69) is 10.6 Å². The molecule has 0 saturated heterocycles. The predicted octanol–water partition coefficient (Wildman–Crippen LogP) is 3.74. The fraction of sp³-hybridized carbons (Fsp3) is 0.235. The molecule has 1 atom stereocenters. The quantitative estimate of drug-likeness (QED) is 0.886. The van der Waals surface area contributed by atoms with Crippen LogP contribution in [0, 0.1) is 13.8 Å². The maximum absolute atomic E-state index is 12.1. The Morgan fingerprint density at radius 3 is 2.30 bits per heavy atom. The molecule has 3 heteroatoms. The van der Waals surface area contributed by atoms with Crippen molar-refractivity contribution in [3.05, 3.63) is 59.7 Å². The van der Waals surface area contributed by atoms with Gasteiger partial charge in [0, 0.05) is 11.4 Å². The summed E-state index contributed by atoms with van der Waals surface area (Å²) in [6.45, 7) is 5.90. The van der Waals surface area contributed by atoms with Crippen LogP contribution in [0.15, 0.2) is 48.5 Å². The Balaban J connectivity index is 1.96. The number of hydrogen-bond acceptors (Lipinski definition) is 2. The summed E-state index contributed by atoms with van der Waals surface area (Å²) in [6.07, 6.45) is 0. The molecule has 0 heterocycles. The number of carbonyl (C=O) groups excluding carboxylic acids is 1. The number of amides is 1. The summed E-state index contributed by atoms with van der Waals surface area (Å²) < 4.78 is 0. The van der Waals surface area contributed by atoms with Crippen LogP contribution >= 0.6 is 0 Å². The Morgan fingerprint density at radius 1 is 0.950 bits per heavy atom. The smallest absolute Gasteiger partial charge is 0.246 e. The van der Waals surface area contributed by atoms with Gasteiger partial charge in [-0.25, -0.2) is 0 Å². The molecule has 2 rings (SSSR count). The molecule has 104 valence electrons. The fourth-order valence-corrected chi connectivity index (χ4v) is 1.94. The Bertz CT molecular complexity index is 590. The van der Waals surface area contributed by atoms with Gasteiger partial charge in [0.05, 0.1) is 0 Å². The molecular weight excluding hydrogens is 248 g/mol. The lowest BCUT2D eigenvalue weighted by molar-refractivity contribution is -0.116. The highest BCUT2D eigenvalue weighted by molar-refractivity contribution is 5.96. The molecule has 3 nitrogen and oxygen atoms in total. The van der Waals surface area contributed by atoms with Crippen LogP contribution in [0.3, 0.4) is 0 Å². The zero-order chi connectivity index (χ0) is 14.5. The molecular formula is C17H20N2O. The molecule has 20 heavy (non-hydrogen) atoms. The van der Waals surface area contributed by atoms with E-state index < -0.39 is 0 Å². The molecule has 0 aromatic heterocycles. The maximum atomic E-state index is 12.1. The van der Waals surface area contributed by atoms with Crippen LogP contribution in [-0.2, 0) is 4.79 Å². The second kappa shape index (κ2) is 6.24. The Labute approximate surface area is 120 Å².